The number of ether oxygens (including phenoxy) is 2. The van der Waals surface area contributed by atoms with Crippen LogP contribution in [0.4, 0.5) is 0 Å². The molecule has 0 aliphatic carbocycles. The summed E-state index contributed by atoms with van der Waals surface area (Å²) in [6.45, 7) is 3.04. The fourth-order valence-corrected chi connectivity index (χ4v) is 3.90. The lowest BCUT2D eigenvalue weighted by atomic mass is 9.90. The van der Waals surface area contributed by atoms with Gasteiger partial charge in [0.15, 0.2) is 0 Å². The summed E-state index contributed by atoms with van der Waals surface area (Å²) >= 11 is 0. The molecule has 3 rings (SSSR count). The standard InChI is InChI=1S/C18H27NO2/c1-20-18-8-5-11-19(16-9-12-21-13-10-16)17(18)14-15-6-3-2-4-7-15/h2-4,6-7,16-18H,5,8-14H2,1H3/t17-,18-/m0/s1. The highest BCUT2D eigenvalue weighted by atomic mass is 16.5. The zero-order valence-corrected chi connectivity index (χ0v) is 13.0. The van der Waals surface area contributed by atoms with Crippen LogP contribution in [0.2, 0.25) is 0 Å². The van der Waals surface area contributed by atoms with Gasteiger partial charge in [-0.15, -0.1) is 0 Å². The summed E-state index contributed by atoms with van der Waals surface area (Å²) in [5.74, 6) is 0. The van der Waals surface area contributed by atoms with E-state index in [1.54, 1.807) is 0 Å². The maximum Gasteiger partial charge on any atom is 0.0730 e. The average Bonchev–Trinajstić information content (AvgIpc) is 2.57. The quantitative estimate of drug-likeness (QED) is 0.851. The van der Waals surface area contributed by atoms with E-state index in [-0.39, 0.29) is 0 Å². The van der Waals surface area contributed by atoms with Gasteiger partial charge in [0.25, 0.3) is 0 Å². The fraction of sp³-hybridized carbons (Fsp3) is 0.667. The minimum absolute atomic E-state index is 0.363. The van der Waals surface area contributed by atoms with E-state index in [0.29, 0.717) is 18.2 Å². The zero-order valence-electron chi connectivity index (χ0n) is 13.0. The van der Waals surface area contributed by atoms with Crippen LogP contribution < -0.4 is 0 Å². The monoisotopic (exact) mass is 289 g/mol. The smallest absolute Gasteiger partial charge is 0.0730 e. The van der Waals surface area contributed by atoms with Crippen molar-refractivity contribution < 1.29 is 9.47 Å². The molecule has 0 radical (unpaired) electrons. The molecule has 2 fully saturated rings. The van der Waals surface area contributed by atoms with Gasteiger partial charge in [-0.25, -0.2) is 0 Å². The van der Waals surface area contributed by atoms with E-state index in [2.05, 4.69) is 35.2 Å². The third-order valence-electron chi connectivity index (χ3n) is 5.01. The third-order valence-corrected chi connectivity index (χ3v) is 5.01. The molecular weight excluding hydrogens is 262 g/mol. The van der Waals surface area contributed by atoms with Crippen LogP contribution in [-0.4, -0.2) is 50.0 Å². The Morgan fingerprint density at radius 2 is 1.90 bits per heavy atom. The number of rotatable bonds is 4. The maximum atomic E-state index is 5.82. The van der Waals surface area contributed by atoms with Crippen molar-refractivity contribution in [1.29, 1.82) is 0 Å². The Morgan fingerprint density at radius 1 is 1.14 bits per heavy atom. The van der Waals surface area contributed by atoms with Gasteiger partial charge in [-0.05, 0) is 44.2 Å². The summed E-state index contributed by atoms with van der Waals surface area (Å²) in [6.07, 6.45) is 6.23. The van der Waals surface area contributed by atoms with Crippen LogP contribution in [0.1, 0.15) is 31.2 Å². The topological polar surface area (TPSA) is 21.7 Å². The first-order valence-corrected chi connectivity index (χ1v) is 8.28. The van der Waals surface area contributed by atoms with Crippen LogP contribution >= 0.6 is 0 Å². The molecule has 2 aliphatic rings. The Morgan fingerprint density at radius 3 is 2.62 bits per heavy atom. The second kappa shape index (κ2) is 7.39. The Labute approximate surface area is 128 Å². The molecule has 0 saturated carbocycles. The first-order valence-electron chi connectivity index (χ1n) is 8.28. The van der Waals surface area contributed by atoms with Crippen molar-refractivity contribution in [2.75, 3.05) is 26.9 Å². The number of nitrogens with zero attached hydrogens (tertiary/aromatic N) is 1. The Balaban J connectivity index is 1.75. The highest BCUT2D eigenvalue weighted by Crippen LogP contribution is 2.28. The Kier molecular flexibility index (Phi) is 5.28. The molecule has 0 N–H and O–H groups in total. The van der Waals surface area contributed by atoms with E-state index in [4.69, 9.17) is 9.47 Å². The van der Waals surface area contributed by atoms with Crippen molar-refractivity contribution in [3.8, 4) is 0 Å². The van der Waals surface area contributed by atoms with Crippen molar-refractivity contribution in [3.63, 3.8) is 0 Å². The first-order chi connectivity index (χ1) is 10.4. The fourth-order valence-electron chi connectivity index (χ4n) is 3.90. The summed E-state index contributed by atoms with van der Waals surface area (Å²) < 4.78 is 11.4. The second-order valence-corrected chi connectivity index (χ2v) is 6.25. The van der Waals surface area contributed by atoms with Gasteiger partial charge in [0.2, 0.25) is 0 Å². The molecule has 1 aromatic rings. The summed E-state index contributed by atoms with van der Waals surface area (Å²) in [5, 5.41) is 0. The van der Waals surface area contributed by atoms with Crippen molar-refractivity contribution in [2.24, 2.45) is 0 Å². The van der Waals surface area contributed by atoms with Gasteiger partial charge < -0.3 is 9.47 Å². The van der Waals surface area contributed by atoms with Crippen LogP contribution in [0.5, 0.6) is 0 Å². The molecule has 1 aromatic carbocycles. The van der Waals surface area contributed by atoms with Crippen molar-refractivity contribution in [3.05, 3.63) is 35.9 Å². The molecule has 21 heavy (non-hydrogen) atoms. The molecule has 2 atom stereocenters. The summed E-state index contributed by atoms with van der Waals surface area (Å²) in [6, 6.07) is 12.0. The molecular formula is C18H27NO2. The second-order valence-electron chi connectivity index (χ2n) is 6.25. The van der Waals surface area contributed by atoms with Gasteiger partial charge in [-0.3, -0.25) is 4.90 Å². The number of benzene rings is 1. The van der Waals surface area contributed by atoms with Crippen molar-refractivity contribution in [1.82, 2.24) is 4.90 Å². The lowest BCUT2D eigenvalue weighted by Gasteiger charge is -2.46. The van der Waals surface area contributed by atoms with Gasteiger partial charge >= 0.3 is 0 Å². The summed E-state index contributed by atoms with van der Waals surface area (Å²) in [7, 11) is 1.87. The minimum Gasteiger partial charge on any atom is -0.381 e. The predicted octanol–water partition coefficient (Wildman–Crippen LogP) is 2.89. The van der Waals surface area contributed by atoms with Gasteiger partial charge in [0.05, 0.1) is 6.10 Å². The number of hydrogen-bond acceptors (Lipinski definition) is 3. The zero-order chi connectivity index (χ0) is 14.5. The summed E-state index contributed by atoms with van der Waals surface area (Å²) in [5.41, 5.74) is 1.42. The number of methoxy groups -OCH3 is 1. The molecule has 2 aliphatic heterocycles. The summed E-state index contributed by atoms with van der Waals surface area (Å²) in [4.78, 5) is 2.72. The number of likely N-dealkylation sites (tertiary alicyclic amines) is 1. The van der Waals surface area contributed by atoms with Crippen LogP contribution in [0.15, 0.2) is 30.3 Å². The van der Waals surface area contributed by atoms with Gasteiger partial charge in [-0.1, -0.05) is 30.3 Å². The van der Waals surface area contributed by atoms with Crippen molar-refractivity contribution >= 4 is 0 Å². The molecule has 0 spiro atoms. The van der Waals surface area contributed by atoms with Crippen LogP contribution in [-0.2, 0) is 15.9 Å². The van der Waals surface area contributed by atoms with E-state index in [9.17, 15) is 0 Å². The molecule has 0 aromatic heterocycles. The predicted molar refractivity (Wildman–Crippen MR) is 84.5 cm³/mol. The molecule has 2 saturated heterocycles. The highest BCUT2D eigenvalue weighted by molar-refractivity contribution is 5.17. The van der Waals surface area contributed by atoms with Gasteiger partial charge in [0.1, 0.15) is 0 Å². The molecule has 116 valence electrons. The van der Waals surface area contributed by atoms with Gasteiger partial charge in [0, 0.05) is 32.4 Å². The van der Waals surface area contributed by atoms with Crippen molar-refractivity contribution in [2.45, 2.75) is 50.3 Å². The molecule has 0 unspecified atom stereocenters. The lowest BCUT2D eigenvalue weighted by Crippen LogP contribution is -2.55. The minimum atomic E-state index is 0.363. The average molecular weight is 289 g/mol. The van der Waals surface area contributed by atoms with E-state index in [0.717, 1.165) is 19.6 Å². The molecule has 2 heterocycles. The largest absolute Gasteiger partial charge is 0.381 e. The number of hydrogen-bond donors (Lipinski definition) is 0. The molecule has 3 nitrogen and oxygen atoms in total. The van der Waals surface area contributed by atoms with Crippen LogP contribution in [0.3, 0.4) is 0 Å². The lowest BCUT2D eigenvalue weighted by molar-refractivity contribution is -0.0588. The Bertz CT molecular complexity index is 416. The van der Waals surface area contributed by atoms with E-state index in [1.807, 2.05) is 7.11 Å². The number of piperidine rings is 1. The normalized spacial score (nSPS) is 28.6. The molecule has 0 bridgehead atoms. The van der Waals surface area contributed by atoms with E-state index < -0.39 is 0 Å². The molecule has 3 heteroatoms. The first kappa shape index (κ1) is 15.0. The highest BCUT2D eigenvalue weighted by Gasteiger charge is 2.36. The van der Waals surface area contributed by atoms with E-state index >= 15 is 0 Å². The maximum absolute atomic E-state index is 5.82. The van der Waals surface area contributed by atoms with Crippen LogP contribution in [0.25, 0.3) is 0 Å². The SMILES string of the molecule is CO[C@H]1CCCN(C2CCOCC2)[C@H]1Cc1ccccc1. The Hall–Kier alpha value is -0.900. The van der Waals surface area contributed by atoms with Crippen LogP contribution in [0, 0.1) is 0 Å². The van der Waals surface area contributed by atoms with Gasteiger partial charge in [-0.2, -0.15) is 0 Å². The van der Waals surface area contributed by atoms with E-state index in [1.165, 1.54) is 37.8 Å². The third kappa shape index (κ3) is 3.65. The molecule has 0 amide bonds.